The number of aromatic nitrogens is 4. The third-order valence-corrected chi connectivity index (χ3v) is 14.3. The molecular weight excluding hydrogens is 791 g/mol. The summed E-state index contributed by atoms with van der Waals surface area (Å²) >= 11 is 0. The SMILES string of the molecule is COC(=O)NC(C(=O)N1CC(F)(F)C[C@H]1c1ncc(-c2ccc(-c3ccc4c(ccc5[nH]c([C@@H]6C[Si](C)(C)CN6C(=O)[C@@H](NC(=O)OC)C(C)C)nc54)c3)cc2)[nH]1)C(C)C. The van der Waals surface area contributed by atoms with Crippen LogP contribution in [0.15, 0.2) is 60.8 Å². The number of alkyl carbamates (subject to hydrolysis) is 2. The van der Waals surface area contributed by atoms with Crippen LogP contribution in [0.4, 0.5) is 18.4 Å². The highest BCUT2D eigenvalue weighted by Crippen LogP contribution is 2.42. The van der Waals surface area contributed by atoms with E-state index in [4.69, 9.17) is 9.72 Å². The average Bonchev–Trinajstić information content (AvgIpc) is 4.01. The van der Waals surface area contributed by atoms with E-state index in [0.717, 1.165) is 55.3 Å². The lowest BCUT2D eigenvalue weighted by molar-refractivity contribution is -0.137. The maximum absolute atomic E-state index is 14.8. The van der Waals surface area contributed by atoms with Gasteiger partial charge in [0.25, 0.3) is 5.92 Å². The van der Waals surface area contributed by atoms with Gasteiger partial charge in [0.1, 0.15) is 23.7 Å². The molecule has 3 aromatic carbocycles. The minimum Gasteiger partial charge on any atom is -0.453 e. The van der Waals surface area contributed by atoms with Crippen molar-refractivity contribution in [3.8, 4) is 22.4 Å². The van der Waals surface area contributed by atoms with Crippen LogP contribution >= 0.6 is 0 Å². The molecule has 318 valence electrons. The van der Waals surface area contributed by atoms with Gasteiger partial charge in [-0.1, -0.05) is 83.3 Å². The predicted octanol–water partition coefficient (Wildman–Crippen LogP) is 7.57. The minimum atomic E-state index is -3.13. The number of hydrogen-bond donors (Lipinski definition) is 4. The van der Waals surface area contributed by atoms with E-state index >= 15 is 0 Å². The molecule has 0 bridgehead atoms. The number of methoxy groups -OCH3 is 2. The van der Waals surface area contributed by atoms with Crippen molar-refractivity contribution in [3.05, 3.63) is 72.4 Å². The first kappa shape index (κ1) is 42.3. The molecule has 2 aromatic heterocycles. The van der Waals surface area contributed by atoms with Crippen molar-refractivity contribution >= 4 is 53.9 Å². The number of hydrogen-bond acceptors (Lipinski definition) is 8. The Morgan fingerprint density at radius 2 is 1.40 bits per heavy atom. The van der Waals surface area contributed by atoms with Gasteiger partial charge in [-0.05, 0) is 52.1 Å². The Balaban J connectivity index is 1.11. The number of aromatic amines is 2. The zero-order valence-electron chi connectivity index (χ0n) is 35.1. The molecule has 0 saturated carbocycles. The first-order chi connectivity index (χ1) is 28.4. The number of imidazole rings is 2. The lowest BCUT2D eigenvalue weighted by Gasteiger charge is -2.30. The number of amides is 4. The first-order valence-corrected chi connectivity index (χ1v) is 23.6. The van der Waals surface area contributed by atoms with Crippen LogP contribution < -0.4 is 10.6 Å². The highest BCUT2D eigenvalue weighted by atomic mass is 28.3. The van der Waals surface area contributed by atoms with Crippen LogP contribution in [0.2, 0.25) is 19.1 Å². The molecule has 5 aromatic rings. The van der Waals surface area contributed by atoms with Gasteiger partial charge in [0.15, 0.2) is 0 Å². The molecule has 4 amide bonds. The van der Waals surface area contributed by atoms with E-state index in [0.29, 0.717) is 11.9 Å². The van der Waals surface area contributed by atoms with Crippen molar-refractivity contribution in [2.24, 2.45) is 11.8 Å². The van der Waals surface area contributed by atoms with Crippen molar-refractivity contribution in [2.45, 2.75) is 83.3 Å². The summed E-state index contributed by atoms with van der Waals surface area (Å²) in [4.78, 5) is 70.8. The number of nitrogens with zero attached hydrogens (tertiary/aromatic N) is 4. The van der Waals surface area contributed by atoms with Gasteiger partial charge in [-0.2, -0.15) is 0 Å². The van der Waals surface area contributed by atoms with E-state index in [1.165, 1.54) is 14.2 Å². The van der Waals surface area contributed by atoms with Crippen molar-refractivity contribution in [2.75, 3.05) is 26.9 Å². The quantitative estimate of drug-likeness (QED) is 0.104. The zero-order chi connectivity index (χ0) is 43.3. The second-order valence-electron chi connectivity index (χ2n) is 17.4. The number of ether oxygens (including phenoxy) is 2. The van der Waals surface area contributed by atoms with Gasteiger partial charge in [-0.25, -0.2) is 28.3 Å². The second kappa shape index (κ2) is 16.3. The van der Waals surface area contributed by atoms with Crippen LogP contribution in [0.3, 0.4) is 0 Å². The van der Waals surface area contributed by atoms with Crippen LogP contribution in [0, 0.1) is 11.8 Å². The topological polar surface area (TPSA) is 175 Å². The maximum Gasteiger partial charge on any atom is 0.407 e. The van der Waals surface area contributed by atoms with Gasteiger partial charge in [0.2, 0.25) is 11.8 Å². The molecule has 2 fully saturated rings. The fourth-order valence-electron chi connectivity index (χ4n) is 8.45. The second-order valence-corrected chi connectivity index (χ2v) is 22.4. The molecule has 4 N–H and O–H groups in total. The Morgan fingerprint density at radius 3 is 2.02 bits per heavy atom. The number of carbonyl (C=O) groups is 4. The summed E-state index contributed by atoms with van der Waals surface area (Å²) in [6, 6.07) is 15.8. The van der Waals surface area contributed by atoms with E-state index < -0.39 is 63.2 Å². The fraction of sp³-hybridized carbons (Fsp3) is 0.442. The Morgan fingerprint density at radius 1 is 0.800 bits per heavy atom. The van der Waals surface area contributed by atoms with Crippen molar-refractivity contribution < 1.29 is 37.4 Å². The van der Waals surface area contributed by atoms with E-state index in [2.05, 4.69) is 49.5 Å². The molecule has 1 unspecified atom stereocenters. The minimum absolute atomic E-state index is 0.140. The fourth-order valence-corrected chi connectivity index (χ4v) is 11.3. The molecule has 0 radical (unpaired) electrons. The molecule has 0 spiro atoms. The summed E-state index contributed by atoms with van der Waals surface area (Å²) in [5.74, 6) is -3.46. The molecule has 0 aliphatic carbocycles. The molecule has 2 aliphatic rings. The number of carbonyl (C=O) groups excluding carboxylic acids is 4. The van der Waals surface area contributed by atoms with Gasteiger partial charge in [-0.15, -0.1) is 0 Å². The lowest BCUT2D eigenvalue weighted by Crippen LogP contribution is -2.52. The largest absolute Gasteiger partial charge is 0.453 e. The summed E-state index contributed by atoms with van der Waals surface area (Å²) in [6.07, 6.45) is 0.163. The summed E-state index contributed by atoms with van der Waals surface area (Å²) < 4.78 is 39.1. The number of H-pyrrole nitrogens is 2. The molecule has 60 heavy (non-hydrogen) atoms. The number of benzene rings is 3. The third-order valence-electron chi connectivity index (χ3n) is 11.6. The molecule has 2 saturated heterocycles. The monoisotopic (exact) mass is 842 g/mol. The Kier molecular flexibility index (Phi) is 11.5. The van der Waals surface area contributed by atoms with Crippen LogP contribution in [-0.2, 0) is 19.1 Å². The highest BCUT2D eigenvalue weighted by molar-refractivity contribution is 6.78. The number of halogens is 2. The van der Waals surface area contributed by atoms with Gasteiger partial charge in [0.05, 0.1) is 63.8 Å². The Bertz CT molecular complexity index is 2430. The lowest BCUT2D eigenvalue weighted by atomic mass is 9.99. The number of rotatable bonds is 10. The van der Waals surface area contributed by atoms with Crippen LogP contribution in [-0.4, -0.2) is 107 Å². The van der Waals surface area contributed by atoms with Crippen molar-refractivity contribution in [1.29, 1.82) is 0 Å². The molecule has 17 heteroatoms. The highest BCUT2D eigenvalue weighted by Gasteiger charge is 2.50. The van der Waals surface area contributed by atoms with Crippen molar-refractivity contribution in [3.63, 3.8) is 0 Å². The number of alkyl halides is 2. The van der Waals surface area contributed by atoms with Gasteiger partial charge >= 0.3 is 12.2 Å². The Labute approximate surface area is 347 Å². The van der Waals surface area contributed by atoms with Gasteiger partial charge in [-0.3, -0.25) is 9.59 Å². The zero-order valence-corrected chi connectivity index (χ0v) is 36.1. The molecular formula is C43H52F2N8O6Si. The number of likely N-dealkylation sites (tertiary alicyclic amines) is 1. The van der Waals surface area contributed by atoms with Gasteiger partial charge < -0.3 is 39.9 Å². The third kappa shape index (κ3) is 8.44. The summed E-state index contributed by atoms with van der Waals surface area (Å²) in [5, 5.41) is 7.17. The summed E-state index contributed by atoms with van der Waals surface area (Å²) in [5.41, 5.74) is 5.01. The van der Waals surface area contributed by atoms with Crippen molar-refractivity contribution in [1.82, 2.24) is 40.4 Å². The maximum atomic E-state index is 14.8. The van der Waals surface area contributed by atoms with Gasteiger partial charge in [0, 0.05) is 18.0 Å². The van der Waals surface area contributed by atoms with E-state index in [-0.39, 0.29) is 29.6 Å². The molecule has 4 heterocycles. The molecule has 14 nitrogen and oxygen atoms in total. The average molecular weight is 843 g/mol. The predicted molar refractivity (Wildman–Crippen MR) is 226 cm³/mol. The summed E-state index contributed by atoms with van der Waals surface area (Å²) in [7, 11) is 0.654. The summed E-state index contributed by atoms with van der Waals surface area (Å²) in [6.45, 7) is 11.0. The number of fused-ring (bicyclic) bond motifs is 3. The first-order valence-electron chi connectivity index (χ1n) is 20.1. The number of nitrogens with one attached hydrogen (secondary N) is 4. The molecule has 2 aliphatic heterocycles. The van der Waals surface area contributed by atoms with E-state index in [9.17, 15) is 28.0 Å². The standard InChI is InChI=1S/C43H52F2N8O6Si/c1-23(2)34(50-41(56)58-5)39(54)52-21-43(44,45)18-32(52)37-46-19-31(48-37)26-11-9-25(10-12-26)27-13-15-29-28(17-27)14-16-30-36(29)49-38(47-30)33-20-60(7,8)22-53(33)40(55)35(24(3)4)51-42(57)59-6/h9-17,19,23-24,32-35H,18,20-22H2,1-8H3,(H,46,48)(H,47,49)(H,50,56)(H,51,57)/t32-,33-,34?,35-/m0/s1. The normalized spacial score (nSPS) is 19.5. The smallest absolute Gasteiger partial charge is 0.407 e. The molecule has 4 atom stereocenters. The van der Waals surface area contributed by atoms with Crippen LogP contribution in [0.5, 0.6) is 0 Å². The molecule has 7 rings (SSSR count). The Hall–Kier alpha value is -5.84. The van der Waals surface area contributed by atoms with E-state index in [1.54, 1.807) is 20.0 Å². The van der Waals surface area contributed by atoms with Crippen LogP contribution in [0.25, 0.3) is 44.2 Å². The van der Waals surface area contributed by atoms with E-state index in [1.807, 2.05) is 67.3 Å². The van der Waals surface area contributed by atoms with Crippen LogP contribution in [0.1, 0.15) is 57.8 Å².